The first kappa shape index (κ1) is 15.3. The molecule has 1 fully saturated rings. The predicted octanol–water partition coefficient (Wildman–Crippen LogP) is 0.0987. The SMILES string of the molecule is CCN(C(=O)N1CCC(C(N)=O)C1)C(C)CC(=O)O. The zero-order chi connectivity index (χ0) is 14.6. The van der Waals surface area contributed by atoms with E-state index < -0.39 is 11.9 Å². The number of hydrogen-bond acceptors (Lipinski definition) is 3. The Morgan fingerprint density at radius 3 is 2.53 bits per heavy atom. The van der Waals surface area contributed by atoms with Gasteiger partial charge >= 0.3 is 12.0 Å². The molecule has 108 valence electrons. The Bertz CT molecular complexity index is 372. The molecule has 0 aromatic carbocycles. The maximum Gasteiger partial charge on any atom is 0.320 e. The number of hydrogen-bond donors (Lipinski definition) is 2. The molecule has 1 aliphatic heterocycles. The Hall–Kier alpha value is -1.79. The summed E-state index contributed by atoms with van der Waals surface area (Å²) in [5.74, 6) is -1.62. The van der Waals surface area contributed by atoms with Crippen LogP contribution in [0.4, 0.5) is 4.79 Å². The Balaban J connectivity index is 2.64. The maximum atomic E-state index is 12.3. The number of rotatable bonds is 5. The van der Waals surface area contributed by atoms with Crippen LogP contribution in [0.3, 0.4) is 0 Å². The Labute approximate surface area is 112 Å². The van der Waals surface area contributed by atoms with E-state index in [1.807, 2.05) is 0 Å². The topological polar surface area (TPSA) is 104 Å². The van der Waals surface area contributed by atoms with E-state index in [9.17, 15) is 14.4 Å². The van der Waals surface area contributed by atoms with E-state index in [1.54, 1.807) is 18.7 Å². The van der Waals surface area contributed by atoms with Gasteiger partial charge in [0, 0.05) is 25.7 Å². The van der Waals surface area contributed by atoms with Gasteiger partial charge in [-0.2, -0.15) is 0 Å². The molecule has 7 heteroatoms. The number of urea groups is 1. The van der Waals surface area contributed by atoms with E-state index in [0.29, 0.717) is 26.1 Å². The van der Waals surface area contributed by atoms with Gasteiger partial charge in [0.05, 0.1) is 12.3 Å². The highest BCUT2D eigenvalue weighted by Gasteiger charge is 2.33. The predicted molar refractivity (Wildman–Crippen MR) is 68.4 cm³/mol. The first-order chi connectivity index (χ1) is 8.86. The Morgan fingerprint density at radius 1 is 1.47 bits per heavy atom. The van der Waals surface area contributed by atoms with Crippen molar-refractivity contribution < 1.29 is 19.5 Å². The van der Waals surface area contributed by atoms with Crippen LogP contribution in [0, 0.1) is 5.92 Å². The van der Waals surface area contributed by atoms with Crippen molar-refractivity contribution in [2.24, 2.45) is 11.7 Å². The first-order valence-corrected chi connectivity index (χ1v) is 6.43. The number of nitrogens with zero attached hydrogens (tertiary/aromatic N) is 2. The summed E-state index contributed by atoms with van der Waals surface area (Å²) in [4.78, 5) is 37.1. The van der Waals surface area contributed by atoms with Crippen molar-refractivity contribution in [3.8, 4) is 0 Å². The van der Waals surface area contributed by atoms with Crippen LogP contribution in [0.25, 0.3) is 0 Å². The zero-order valence-corrected chi connectivity index (χ0v) is 11.3. The van der Waals surface area contributed by atoms with Gasteiger partial charge < -0.3 is 20.6 Å². The molecule has 1 heterocycles. The van der Waals surface area contributed by atoms with E-state index >= 15 is 0 Å². The largest absolute Gasteiger partial charge is 0.481 e. The molecule has 0 aliphatic carbocycles. The smallest absolute Gasteiger partial charge is 0.320 e. The van der Waals surface area contributed by atoms with E-state index in [0.717, 1.165) is 0 Å². The molecular weight excluding hydrogens is 250 g/mol. The van der Waals surface area contributed by atoms with Crippen molar-refractivity contribution in [3.63, 3.8) is 0 Å². The molecule has 0 radical (unpaired) electrons. The minimum atomic E-state index is -0.935. The standard InChI is InChI=1S/C12H21N3O4/c1-3-15(8(2)6-10(16)17)12(19)14-5-4-9(7-14)11(13)18/h8-9H,3-7H2,1-2H3,(H2,13,18)(H,16,17). The van der Waals surface area contributed by atoms with Crippen LogP contribution in [-0.4, -0.2) is 58.5 Å². The number of carboxylic acid groups (broad SMARTS) is 1. The Kier molecular flexibility index (Phi) is 5.14. The van der Waals surface area contributed by atoms with Crippen LogP contribution in [0.1, 0.15) is 26.7 Å². The molecule has 3 N–H and O–H groups in total. The van der Waals surface area contributed by atoms with Crippen molar-refractivity contribution in [2.75, 3.05) is 19.6 Å². The molecule has 0 bridgehead atoms. The molecule has 0 aromatic rings. The quantitative estimate of drug-likeness (QED) is 0.739. The second kappa shape index (κ2) is 6.40. The molecule has 1 aliphatic rings. The monoisotopic (exact) mass is 271 g/mol. The van der Waals surface area contributed by atoms with E-state index in [1.165, 1.54) is 4.90 Å². The number of nitrogens with two attached hydrogens (primary N) is 1. The average Bonchev–Trinajstić information content (AvgIpc) is 2.77. The molecule has 0 aromatic heterocycles. The normalized spacial score (nSPS) is 20.1. The third-order valence-corrected chi connectivity index (χ3v) is 3.45. The molecule has 1 saturated heterocycles. The van der Waals surface area contributed by atoms with Gasteiger partial charge in [-0.3, -0.25) is 9.59 Å². The number of aliphatic carboxylic acids is 1. The number of amides is 3. The summed E-state index contributed by atoms with van der Waals surface area (Å²) < 4.78 is 0. The van der Waals surface area contributed by atoms with Crippen LogP contribution in [0.2, 0.25) is 0 Å². The molecule has 2 atom stereocenters. The lowest BCUT2D eigenvalue weighted by Crippen LogP contribution is -2.47. The van der Waals surface area contributed by atoms with E-state index in [4.69, 9.17) is 10.8 Å². The highest BCUT2D eigenvalue weighted by Crippen LogP contribution is 2.18. The molecule has 1 rings (SSSR count). The number of likely N-dealkylation sites (tertiary alicyclic amines) is 1. The van der Waals surface area contributed by atoms with Crippen molar-refractivity contribution in [2.45, 2.75) is 32.7 Å². The Morgan fingerprint density at radius 2 is 2.11 bits per heavy atom. The van der Waals surface area contributed by atoms with Crippen LogP contribution < -0.4 is 5.73 Å². The van der Waals surface area contributed by atoms with Gasteiger partial charge in [-0.25, -0.2) is 4.79 Å². The summed E-state index contributed by atoms with van der Waals surface area (Å²) in [6.45, 7) is 4.76. The fraction of sp³-hybridized carbons (Fsp3) is 0.750. The number of carbonyl (C=O) groups excluding carboxylic acids is 2. The van der Waals surface area contributed by atoms with Gasteiger partial charge in [0.2, 0.25) is 5.91 Å². The lowest BCUT2D eigenvalue weighted by molar-refractivity contribution is -0.138. The summed E-state index contributed by atoms with van der Waals surface area (Å²) in [6, 6.07) is -0.595. The fourth-order valence-corrected chi connectivity index (χ4v) is 2.35. The fourth-order valence-electron chi connectivity index (χ4n) is 2.35. The third-order valence-electron chi connectivity index (χ3n) is 3.45. The van der Waals surface area contributed by atoms with Gasteiger partial charge in [0.1, 0.15) is 0 Å². The van der Waals surface area contributed by atoms with Gasteiger partial charge in [-0.05, 0) is 20.3 Å². The minimum absolute atomic E-state index is 0.0906. The van der Waals surface area contributed by atoms with E-state index in [-0.39, 0.29) is 24.4 Å². The van der Waals surface area contributed by atoms with Gasteiger partial charge in [0.15, 0.2) is 0 Å². The molecule has 0 saturated carbocycles. The van der Waals surface area contributed by atoms with Crippen molar-refractivity contribution in [1.29, 1.82) is 0 Å². The first-order valence-electron chi connectivity index (χ1n) is 6.43. The maximum absolute atomic E-state index is 12.3. The van der Waals surface area contributed by atoms with Gasteiger partial charge in [-0.1, -0.05) is 0 Å². The summed E-state index contributed by atoms with van der Waals surface area (Å²) in [5, 5.41) is 8.78. The molecular formula is C12H21N3O4. The van der Waals surface area contributed by atoms with Crippen molar-refractivity contribution in [1.82, 2.24) is 9.80 Å². The molecule has 0 spiro atoms. The number of carboxylic acids is 1. The molecule has 3 amide bonds. The highest BCUT2D eigenvalue weighted by molar-refractivity contribution is 5.80. The van der Waals surface area contributed by atoms with E-state index in [2.05, 4.69) is 0 Å². The van der Waals surface area contributed by atoms with Crippen LogP contribution in [-0.2, 0) is 9.59 Å². The second-order valence-electron chi connectivity index (χ2n) is 4.85. The van der Waals surface area contributed by atoms with Crippen LogP contribution in [0.5, 0.6) is 0 Å². The molecule has 2 unspecified atom stereocenters. The lowest BCUT2D eigenvalue weighted by atomic mass is 10.1. The number of primary amides is 1. The number of carbonyl (C=O) groups is 3. The van der Waals surface area contributed by atoms with Crippen LogP contribution in [0.15, 0.2) is 0 Å². The summed E-state index contributed by atoms with van der Waals surface area (Å²) in [6.07, 6.45) is 0.485. The second-order valence-corrected chi connectivity index (χ2v) is 4.85. The third kappa shape index (κ3) is 3.84. The summed E-state index contributed by atoms with van der Waals surface area (Å²) in [7, 11) is 0. The molecule has 7 nitrogen and oxygen atoms in total. The average molecular weight is 271 g/mol. The summed E-state index contributed by atoms with van der Waals surface area (Å²) in [5.41, 5.74) is 5.23. The highest BCUT2D eigenvalue weighted by atomic mass is 16.4. The molecule has 19 heavy (non-hydrogen) atoms. The van der Waals surface area contributed by atoms with Crippen LogP contribution >= 0.6 is 0 Å². The van der Waals surface area contributed by atoms with Gasteiger partial charge in [-0.15, -0.1) is 0 Å². The zero-order valence-electron chi connectivity index (χ0n) is 11.3. The summed E-state index contributed by atoms with van der Waals surface area (Å²) >= 11 is 0. The van der Waals surface area contributed by atoms with Crippen molar-refractivity contribution in [3.05, 3.63) is 0 Å². The minimum Gasteiger partial charge on any atom is -0.481 e. The van der Waals surface area contributed by atoms with Gasteiger partial charge in [0.25, 0.3) is 0 Å². The lowest BCUT2D eigenvalue weighted by Gasteiger charge is -2.31. The van der Waals surface area contributed by atoms with Crippen molar-refractivity contribution >= 4 is 17.9 Å².